The molecule has 5 nitrogen and oxygen atoms in total. The Balaban J connectivity index is 2.56. The Morgan fingerprint density at radius 2 is 2.33 bits per heavy atom. The molecular formula is C10H14N4O. The Labute approximate surface area is 88.6 Å². The highest BCUT2D eigenvalue weighted by molar-refractivity contribution is 5.91. The molecule has 0 saturated heterocycles. The Bertz CT molecular complexity index is 334. The van der Waals surface area contributed by atoms with Crippen molar-refractivity contribution in [3.05, 3.63) is 30.5 Å². The van der Waals surface area contributed by atoms with Crippen LogP contribution in [0.5, 0.6) is 0 Å². The maximum atomic E-state index is 11.1. The molecule has 1 rings (SSSR count). The molecular weight excluding hydrogens is 192 g/mol. The van der Waals surface area contributed by atoms with E-state index in [4.69, 9.17) is 0 Å². The summed E-state index contributed by atoms with van der Waals surface area (Å²) in [6.07, 6.45) is 2.68. The SMILES string of the molecule is C=CCCNc1ccc(C(=O)NC)nn1. The van der Waals surface area contributed by atoms with Gasteiger partial charge in [-0.15, -0.1) is 16.8 Å². The summed E-state index contributed by atoms with van der Waals surface area (Å²) in [4.78, 5) is 11.1. The van der Waals surface area contributed by atoms with Gasteiger partial charge in [-0.1, -0.05) is 6.08 Å². The van der Waals surface area contributed by atoms with E-state index in [1.165, 1.54) is 0 Å². The summed E-state index contributed by atoms with van der Waals surface area (Å²) < 4.78 is 0. The van der Waals surface area contributed by atoms with Crippen LogP contribution in [0.25, 0.3) is 0 Å². The number of aromatic nitrogens is 2. The lowest BCUT2D eigenvalue weighted by Gasteiger charge is -2.03. The Hall–Kier alpha value is -1.91. The van der Waals surface area contributed by atoms with Gasteiger partial charge in [-0.25, -0.2) is 0 Å². The van der Waals surface area contributed by atoms with Crippen molar-refractivity contribution in [3.63, 3.8) is 0 Å². The van der Waals surface area contributed by atoms with Crippen LogP contribution in [0.15, 0.2) is 24.8 Å². The van der Waals surface area contributed by atoms with Gasteiger partial charge in [0.2, 0.25) is 0 Å². The smallest absolute Gasteiger partial charge is 0.271 e. The van der Waals surface area contributed by atoms with Crippen LogP contribution in [0.2, 0.25) is 0 Å². The number of rotatable bonds is 5. The van der Waals surface area contributed by atoms with Crippen molar-refractivity contribution in [1.82, 2.24) is 15.5 Å². The largest absolute Gasteiger partial charge is 0.368 e. The highest BCUT2D eigenvalue weighted by Gasteiger charge is 2.04. The third-order valence-corrected chi connectivity index (χ3v) is 1.78. The fourth-order valence-electron chi connectivity index (χ4n) is 0.978. The van der Waals surface area contributed by atoms with E-state index < -0.39 is 0 Å². The molecule has 15 heavy (non-hydrogen) atoms. The van der Waals surface area contributed by atoms with Crippen LogP contribution >= 0.6 is 0 Å². The molecule has 0 spiro atoms. The molecule has 0 aromatic carbocycles. The third kappa shape index (κ3) is 3.38. The standard InChI is InChI=1S/C10H14N4O/c1-3-4-7-12-9-6-5-8(13-14-9)10(15)11-2/h3,5-6H,1,4,7H2,2H3,(H,11,15)(H,12,14). The molecule has 0 aliphatic heterocycles. The summed E-state index contributed by atoms with van der Waals surface area (Å²) >= 11 is 0. The lowest BCUT2D eigenvalue weighted by molar-refractivity contribution is 0.0957. The van der Waals surface area contributed by atoms with Crippen LogP contribution in [0.3, 0.4) is 0 Å². The molecule has 1 aromatic heterocycles. The first-order valence-electron chi connectivity index (χ1n) is 4.68. The number of carbonyl (C=O) groups excluding carboxylic acids is 1. The van der Waals surface area contributed by atoms with E-state index in [0.29, 0.717) is 11.5 Å². The molecule has 0 fully saturated rings. The zero-order chi connectivity index (χ0) is 11.1. The van der Waals surface area contributed by atoms with Crippen molar-refractivity contribution >= 4 is 11.7 Å². The Morgan fingerprint density at radius 1 is 1.53 bits per heavy atom. The second-order valence-corrected chi connectivity index (χ2v) is 2.89. The topological polar surface area (TPSA) is 66.9 Å². The Kier molecular flexibility index (Phi) is 4.28. The zero-order valence-corrected chi connectivity index (χ0v) is 8.66. The molecule has 0 aliphatic carbocycles. The first kappa shape index (κ1) is 11.2. The van der Waals surface area contributed by atoms with Gasteiger partial charge >= 0.3 is 0 Å². The summed E-state index contributed by atoms with van der Waals surface area (Å²) in [6, 6.07) is 3.35. The van der Waals surface area contributed by atoms with E-state index in [9.17, 15) is 4.79 Å². The van der Waals surface area contributed by atoms with Crippen molar-refractivity contribution in [2.75, 3.05) is 18.9 Å². The minimum Gasteiger partial charge on any atom is -0.368 e. The van der Waals surface area contributed by atoms with Gasteiger partial charge in [0.25, 0.3) is 5.91 Å². The van der Waals surface area contributed by atoms with E-state index in [-0.39, 0.29) is 5.91 Å². The summed E-state index contributed by atoms with van der Waals surface area (Å²) in [5.41, 5.74) is 0.312. The van der Waals surface area contributed by atoms with Crippen LogP contribution in [-0.4, -0.2) is 29.7 Å². The molecule has 5 heteroatoms. The van der Waals surface area contributed by atoms with E-state index in [1.54, 1.807) is 19.2 Å². The molecule has 0 unspecified atom stereocenters. The van der Waals surface area contributed by atoms with E-state index >= 15 is 0 Å². The van der Waals surface area contributed by atoms with E-state index in [0.717, 1.165) is 13.0 Å². The van der Waals surface area contributed by atoms with Gasteiger partial charge in [0, 0.05) is 13.6 Å². The number of nitrogens with zero attached hydrogens (tertiary/aromatic N) is 2. The first-order valence-corrected chi connectivity index (χ1v) is 4.68. The maximum Gasteiger partial charge on any atom is 0.271 e. The number of hydrogen-bond donors (Lipinski definition) is 2. The first-order chi connectivity index (χ1) is 7.27. The minimum absolute atomic E-state index is 0.236. The van der Waals surface area contributed by atoms with Crippen LogP contribution in [-0.2, 0) is 0 Å². The van der Waals surface area contributed by atoms with Gasteiger partial charge in [0.05, 0.1) is 0 Å². The number of hydrogen-bond acceptors (Lipinski definition) is 4. The van der Waals surface area contributed by atoms with Crippen molar-refractivity contribution in [1.29, 1.82) is 0 Å². The average molecular weight is 206 g/mol. The van der Waals surface area contributed by atoms with Crippen molar-refractivity contribution < 1.29 is 4.79 Å². The molecule has 1 aromatic rings. The fourth-order valence-corrected chi connectivity index (χ4v) is 0.978. The van der Waals surface area contributed by atoms with Gasteiger partial charge < -0.3 is 10.6 Å². The van der Waals surface area contributed by atoms with Crippen molar-refractivity contribution in [2.24, 2.45) is 0 Å². The summed E-state index contributed by atoms with van der Waals surface area (Å²) in [7, 11) is 1.56. The second kappa shape index (κ2) is 5.74. The molecule has 1 amide bonds. The number of nitrogens with one attached hydrogen (secondary N) is 2. The van der Waals surface area contributed by atoms with Crippen molar-refractivity contribution in [3.8, 4) is 0 Å². The van der Waals surface area contributed by atoms with Gasteiger partial charge in [0.15, 0.2) is 5.69 Å². The molecule has 80 valence electrons. The van der Waals surface area contributed by atoms with E-state index in [1.807, 2.05) is 6.08 Å². The van der Waals surface area contributed by atoms with Crippen LogP contribution in [0, 0.1) is 0 Å². The molecule has 0 radical (unpaired) electrons. The second-order valence-electron chi connectivity index (χ2n) is 2.89. The molecule has 0 atom stereocenters. The van der Waals surface area contributed by atoms with Gasteiger partial charge in [-0.3, -0.25) is 4.79 Å². The number of anilines is 1. The maximum absolute atomic E-state index is 11.1. The highest BCUT2D eigenvalue weighted by Crippen LogP contribution is 2.01. The summed E-state index contributed by atoms with van der Waals surface area (Å²) in [5, 5.41) is 13.2. The fraction of sp³-hybridized carbons (Fsp3) is 0.300. The lowest BCUT2D eigenvalue weighted by atomic mass is 10.3. The van der Waals surface area contributed by atoms with Gasteiger partial charge in [-0.2, -0.15) is 0 Å². The van der Waals surface area contributed by atoms with Gasteiger partial charge in [-0.05, 0) is 18.6 Å². The predicted octanol–water partition coefficient (Wildman–Crippen LogP) is 0.824. The molecule has 1 heterocycles. The molecule has 0 saturated carbocycles. The average Bonchev–Trinajstić information content (AvgIpc) is 2.29. The lowest BCUT2D eigenvalue weighted by Crippen LogP contribution is -2.19. The normalized spacial score (nSPS) is 9.40. The van der Waals surface area contributed by atoms with Gasteiger partial charge in [0.1, 0.15) is 5.82 Å². The zero-order valence-electron chi connectivity index (χ0n) is 8.66. The van der Waals surface area contributed by atoms with E-state index in [2.05, 4.69) is 27.4 Å². The summed E-state index contributed by atoms with van der Waals surface area (Å²) in [6.45, 7) is 4.37. The number of amides is 1. The van der Waals surface area contributed by atoms with Crippen molar-refractivity contribution in [2.45, 2.75) is 6.42 Å². The van der Waals surface area contributed by atoms with Crippen LogP contribution in [0.1, 0.15) is 16.9 Å². The van der Waals surface area contributed by atoms with Crippen LogP contribution in [0.4, 0.5) is 5.82 Å². The Morgan fingerprint density at radius 3 is 2.87 bits per heavy atom. The highest BCUT2D eigenvalue weighted by atomic mass is 16.1. The summed E-state index contributed by atoms with van der Waals surface area (Å²) in [5.74, 6) is 0.421. The monoisotopic (exact) mass is 206 g/mol. The molecule has 0 aliphatic rings. The quantitative estimate of drug-likeness (QED) is 0.553. The van der Waals surface area contributed by atoms with Crippen LogP contribution < -0.4 is 10.6 Å². The molecule has 2 N–H and O–H groups in total. The minimum atomic E-state index is -0.236. The third-order valence-electron chi connectivity index (χ3n) is 1.78. The number of carbonyl (C=O) groups is 1. The predicted molar refractivity (Wildman–Crippen MR) is 58.7 cm³/mol. The molecule has 0 bridgehead atoms.